The lowest BCUT2D eigenvalue weighted by molar-refractivity contribution is 0.366. The number of hydrogen-bond acceptors (Lipinski definition) is 2. The lowest BCUT2D eigenvalue weighted by Gasteiger charge is -2.44. The first-order valence-corrected chi connectivity index (χ1v) is 7.03. The van der Waals surface area contributed by atoms with Crippen molar-refractivity contribution in [3.05, 3.63) is 29.5 Å². The van der Waals surface area contributed by atoms with Gasteiger partial charge in [-0.2, -0.15) is 0 Å². The van der Waals surface area contributed by atoms with Crippen molar-refractivity contribution in [1.82, 2.24) is 4.98 Å². The van der Waals surface area contributed by atoms with Crippen LogP contribution < -0.4 is 4.90 Å². The van der Waals surface area contributed by atoms with Crippen LogP contribution >= 0.6 is 0 Å². The summed E-state index contributed by atoms with van der Waals surface area (Å²) in [4.78, 5) is 7.31. The van der Waals surface area contributed by atoms with E-state index in [9.17, 15) is 0 Å². The van der Waals surface area contributed by atoms with E-state index in [0.717, 1.165) is 5.69 Å². The van der Waals surface area contributed by atoms with Gasteiger partial charge >= 0.3 is 0 Å². The van der Waals surface area contributed by atoms with Gasteiger partial charge in [0, 0.05) is 18.3 Å². The van der Waals surface area contributed by atoms with E-state index in [1.165, 1.54) is 55.5 Å². The SMILES string of the molecule is C=Cc1cc2c(nc1C)N(C)C1(CCCC1)CC2. The normalized spacial score (nSPS) is 21.1. The molecule has 3 rings (SSSR count). The Labute approximate surface area is 110 Å². The Morgan fingerprint density at radius 3 is 2.72 bits per heavy atom. The molecule has 1 aliphatic heterocycles. The molecule has 2 nitrogen and oxygen atoms in total. The predicted octanol–water partition coefficient (Wildman–Crippen LogP) is 3.73. The summed E-state index contributed by atoms with van der Waals surface area (Å²) in [5, 5.41) is 0. The fourth-order valence-corrected chi connectivity index (χ4v) is 3.71. The molecule has 1 aromatic heterocycles. The summed E-state index contributed by atoms with van der Waals surface area (Å²) in [6, 6.07) is 2.28. The van der Waals surface area contributed by atoms with E-state index in [0.29, 0.717) is 5.54 Å². The molecule has 1 fully saturated rings. The zero-order valence-electron chi connectivity index (χ0n) is 11.5. The van der Waals surface area contributed by atoms with Gasteiger partial charge in [0.15, 0.2) is 0 Å². The first-order valence-electron chi connectivity index (χ1n) is 7.03. The molecule has 2 aliphatic rings. The molecule has 2 heterocycles. The summed E-state index contributed by atoms with van der Waals surface area (Å²) in [7, 11) is 2.24. The van der Waals surface area contributed by atoms with Crippen LogP contribution in [0.1, 0.15) is 48.9 Å². The van der Waals surface area contributed by atoms with Gasteiger partial charge in [-0.05, 0) is 49.8 Å². The number of rotatable bonds is 1. The highest BCUT2D eigenvalue weighted by Crippen LogP contribution is 2.44. The van der Waals surface area contributed by atoms with Gasteiger partial charge in [-0.3, -0.25) is 0 Å². The second-order valence-corrected chi connectivity index (χ2v) is 5.84. The largest absolute Gasteiger partial charge is 0.354 e. The molecule has 0 unspecified atom stereocenters. The fraction of sp³-hybridized carbons (Fsp3) is 0.562. The number of pyridine rings is 1. The lowest BCUT2D eigenvalue weighted by Crippen LogP contribution is -2.48. The van der Waals surface area contributed by atoms with E-state index < -0.39 is 0 Å². The monoisotopic (exact) mass is 242 g/mol. The molecular formula is C16H22N2. The number of nitrogens with zero attached hydrogens (tertiary/aromatic N) is 2. The molecular weight excluding hydrogens is 220 g/mol. The van der Waals surface area contributed by atoms with Crippen molar-refractivity contribution in [2.24, 2.45) is 0 Å². The highest BCUT2D eigenvalue weighted by atomic mass is 15.2. The summed E-state index contributed by atoms with van der Waals surface area (Å²) < 4.78 is 0. The topological polar surface area (TPSA) is 16.1 Å². The molecule has 0 radical (unpaired) electrons. The van der Waals surface area contributed by atoms with Gasteiger partial charge in [0.05, 0.1) is 0 Å². The number of aromatic nitrogens is 1. The maximum absolute atomic E-state index is 4.84. The number of fused-ring (bicyclic) bond motifs is 1. The molecule has 1 aliphatic carbocycles. The van der Waals surface area contributed by atoms with E-state index in [4.69, 9.17) is 4.98 Å². The Morgan fingerprint density at radius 1 is 1.33 bits per heavy atom. The molecule has 0 bridgehead atoms. The Balaban J connectivity index is 2.05. The molecule has 0 aromatic carbocycles. The van der Waals surface area contributed by atoms with Crippen LogP contribution in [-0.4, -0.2) is 17.6 Å². The van der Waals surface area contributed by atoms with E-state index in [1.807, 2.05) is 6.08 Å². The van der Waals surface area contributed by atoms with Crippen molar-refractivity contribution in [2.75, 3.05) is 11.9 Å². The summed E-state index contributed by atoms with van der Waals surface area (Å²) in [6.45, 7) is 5.96. The van der Waals surface area contributed by atoms with Crippen molar-refractivity contribution in [2.45, 2.75) is 51.0 Å². The zero-order chi connectivity index (χ0) is 12.8. The molecule has 1 saturated carbocycles. The quantitative estimate of drug-likeness (QED) is 0.746. The maximum Gasteiger partial charge on any atom is 0.132 e. The van der Waals surface area contributed by atoms with E-state index in [2.05, 4.69) is 31.5 Å². The summed E-state index contributed by atoms with van der Waals surface area (Å²) >= 11 is 0. The number of anilines is 1. The maximum atomic E-state index is 4.84. The van der Waals surface area contributed by atoms with Gasteiger partial charge in [0.25, 0.3) is 0 Å². The van der Waals surface area contributed by atoms with E-state index in [-0.39, 0.29) is 0 Å². The minimum absolute atomic E-state index is 0.405. The fourth-order valence-electron chi connectivity index (χ4n) is 3.71. The van der Waals surface area contributed by atoms with Crippen molar-refractivity contribution >= 4 is 11.9 Å². The van der Waals surface area contributed by atoms with Crippen molar-refractivity contribution in [3.63, 3.8) is 0 Å². The standard InChI is InChI=1S/C16H22N2/c1-4-13-11-14-7-10-16(8-5-6-9-16)18(3)15(14)17-12(13)2/h4,11H,1,5-10H2,2-3H3. The Kier molecular flexibility index (Phi) is 2.69. The van der Waals surface area contributed by atoms with Crippen LogP contribution in [0.2, 0.25) is 0 Å². The van der Waals surface area contributed by atoms with Gasteiger partial charge in [-0.15, -0.1) is 0 Å². The summed E-state index contributed by atoms with van der Waals surface area (Å²) in [5.74, 6) is 1.21. The van der Waals surface area contributed by atoms with E-state index >= 15 is 0 Å². The third kappa shape index (κ3) is 1.58. The first-order chi connectivity index (χ1) is 8.66. The Bertz CT molecular complexity index is 484. The Hall–Kier alpha value is -1.31. The molecule has 1 aromatic rings. The molecule has 0 N–H and O–H groups in total. The van der Waals surface area contributed by atoms with Crippen LogP contribution in [0.25, 0.3) is 6.08 Å². The smallest absolute Gasteiger partial charge is 0.132 e. The molecule has 18 heavy (non-hydrogen) atoms. The first kappa shape index (κ1) is 11.8. The molecule has 96 valence electrons. The molecule has 0 saturated heterocycles. The molecule has 1 spiro atoms. The number of aryl methyl sites for hydroxylation is 2. The minimum atomic E-state index is 0.405. The molecule has 0 amide bonds. The van der Waals surface area contributed by atoms with Gasteiger partial charge in [0.1, 0.15) is 5.82 Å². The molecule has 2 heteroatoms. The van der Waals surface area contributed by atoms with Crippen LogP contribution in [0.5, 0.6) is 0 Å². The van der Waals surface area contributed by atoms with Gasteiger partial charge in [-0.1, -0.05) is 25.5 Å². The second-order valence-electron chi connectivity index (χ2n) is 5.84. The van der Waals surface area contributed by atoms with Crippen LogP contribution in [-0.2, 0) is 6.42 Å². The van der Waals surface area contributed by atoms with Crippen LogP contribution in [0.15, 0.2) is 12.6 Å². The Morgan fingerprint density at radius 2 is 2.06 bits per heavy atom. The van der Waals surface area contributed by atoms with Crippen LogP contribution in [0, 0.1) is 6.92 Å². The lowest BCUT2D eigenvalue weighted by atomic mass is 9.84. The second kappa shape index (κ2) is 4.11. The highest BCUT2D eigenvalue weighted by molar-refractivity contribution is 5.60. The average Bonchev–Trinajstić information content (AvgIpc) is 2.84. The van der Waals surface area contributed by atoms with Crippen molar-refractivity contribution in [3.8, 4) is 0 Å². The van der Waals surface area contributed by atoms with Gasteiger partial charge in [0.2, 0.25) is 0 Å². The third-order valence-corrected chi connectivity index (χ3v) is 4.95. The van der Waals surface area contributed by atoms with Gasteiger partial charge in [-0.25, -0.2) is 4.98 Å². The highest BCUT2D eigenvalue weighted by Gasteiger charge is 2.41. The van der Waals surface area contributed by atoms with Gasteiger partial charge < -0.3 is 4.90 Å². The minimum Gasteiger partial charge on any atom is -0.354 e. The third-order valence-electron chi connectivity index (χ3n) is 4.95. The average molecular weight is 242 g/mol. The van der Waals surface area contributed by atoms with Crippen molar-refractivity contribution < 1.29 is 0 Å². The summed E-state index contributed by atoms with van der Waals surface area (Å²) in [6.07, 6.45) is 9.82. The van der Waals surface area contributed by atoms with E-state index in [1.54, 1.807) is 0 Å². The summed E-state index contributed by atoms with van der Waals surface area (Å²) in [5.41, 5.74) is 4.09. The number of hydrogen-bond donors (Lipinski definition) is 0. The van der Waals surface area contributed by atoms with Crippen LogP contribution in [0.4, 0.5) is 5.82 Å². The predicted molar refractivity (Wildman–Crippen MR) is 77.0 cm³/mol. The van der Waals surface area contributed by atoms with Crippen LogP contribution in [0.3, 0.4) is 0 Å². The zero-order valence-corrected chi connectivity index (χ0v) is 11.5. The van der Waals surface area contributed by atoms with Crippen molar-refractivity contribution in [1.29, 1.82) is 0 Å². The molecule has 0 atom stereocenters.